The van der Waals surface area contributed by atoms with Crippen molar-refractivity contribution in [3.8, 4) is 11.4 Å². The van der Waals surface area contributed by atoms with E-state index in [1.54, 1.807) is 0 Å². The molecule has 5 heteroatoms. The van der Waals surface area contributed by atoms with Crippen molar-refractivity contribution in [3.63, 3.8) is 0 Å². The third kappa shape index (κ3) is 2.65. The molecule has 1 aliphatic heterocycles. The fraction of sp³-hybridized carbons (Fsp3) is 0.375. The van der Waals surface area contributed by atoms with Gasteiger partial charge in [0.25, 0.3) is 0 Å². The van der Waals surface area contributed by atoms with Crippen LogP contribution in [0.25, 0.3) is 11.4 Å². The first-order valence-corrected chi connectivity index (χ1v) is 7.12. The van der Waals surface area contributed by atoms with E-state index >= 15 is 0 Å². The van der Waals surface area contributed by atoms with Crippen molar-refractivity contribution in [2.24, 2.45) is 0 Å². The van der Waals surface area contributed by atoms with E-state index in [2.05, 4.69) is 29.1 Å². The molecule has 0 aliphatic carbocycles. The zero-order valence-electron chi connectivity index (χ0n) is 12.1. The number of aromatic nitrogens is 2. The minimum atomic E-state index is -0.877. The van der Waals surface area contributed by atoms with Crippen LogP contribution in [-0.4, -0.2) is 16.5 Å². The third-order valence-corrected chi connectivity index (χ3v) is 3.69. The molecule has 1 N–H and O–H groups in total. The van der Waals surface area contributed by atoms with Crippen LogP contribution in [0.2, 0.25) is 0 Å². The van der Waals surface area contributed by atoms with Gasteiger partial charge < -0.3 is 5.32 Å². The lowest BCUT2D eigenvalue weighted by molar-refractivity contribution is 0.509. The Kier molecular flexibility index (Phi) is 3.68. The van der Waals surface area contributed by atoms with E-state index in [-0.39, 0.29) is 5.92 Å². The fourth-order valence-corrected chi connectivity index (χ4v) is 2.63. The van der Waals surface area contributed by atoms with Gasteiger partial charge in [-0.15, -0.1) is 0 Å². The van der Waals surface area contributed by atoms with Crippen molar-refractivity contribution < 1.29 is 8.78 Å². The molecule has 0 radical (unpaired) electrons. The van der Waals surface area contributed by atoms with Crippen LogP contribution in [-0.2, 0) is 13.0 Å². The maximum Gasteiger partial charge on any atom is 0.159 e. The number of hydrogen-bond donors (Lipinski definition) is 1. The molecular formula is C16H17F2N3. The predicted molar refractivity (Wildman–Crippen MR) is 76.9 cm³/mol. The number of rotatable bonds is 2. The summed E-state index contributed by atoms with van der Waals surface area (Å²) < 4.78 is 26.5. The third-order valence-electron chi connectivity index (χ3n) is 3.69. The summed E-state index contributed by atoms with van der Waals surface area (Å²) in [5.74, 6) is -1.01. The molecule has 3 nitrogen and oxygen atoms in total. The highest BCUT2D eigenvalue weighted by molar-refractivity contribution is 5.56. The Bertz CT molecular complexity index is 683. The van der Waals surface area contributed by atoms with Gasteiger partial charge in [0, 0.05) is 12.1 Å². The van der Waals surface area contributed by atoms with Crippen LogP contribution < -0.4 is 5.32 Å². The first kappa shape index (κ1) is 14.1. The second-order valence-corrected chi connectivity index (χ2v) is 5.57. The van der Waals surface area contributed by atoms with Crippen LogP contribution in [0.15, 0.2) is 18.2 Å². The maximum absolute atomic E-state index is 13.4. The highest BCUT2D eigenvalue weighted by Crippen LogP contribution is 2.26. The van der Waals surface area contributed by atoms with Gasteiger partial charge in [0.1, 0.15) is 0 Å². The summed E-state index contributed by atoms with van der Waals surface area (Å²) in [7, 11) is 0. The Morgan fingerprint density at radius 3 is 2.67 bits per heavy atom. The van der Waals surface area contributed by atoms with E-state index in [1.807, 2.05) is 0 Å². The van der Waals surface area contributed by atoms with Gasteiger partial charge in [-0.1, -0.05) is 13.8 Å². The second-order valence-electron chi connectivity index (χ2n) is 5.57. The van der Waals surface area contributed by atoms with Gasteiger partial charge in [-0.2, -0.15) is 0 Å². The van der Waals surface area contributed by atoms with Crippen molar-refractivity contribution >= 4 is 0 Å². The SMILES string of the molecule is CC(C)c1nc(-c2ccc(F)c(F)c2)nc2c1CCNC2. The number of fused-ring (bicyclic) bond motifs is 1. The smallest absolute Gasteiger partial charge is 0.159 e. The van der Waals surface area contributed by atoms with Gasteiger partial charge >= 0.3 is 0 Å². The molecular weight excluding hydrogens is 272 g/mol. The summed E-state index contributed by atoms with van der Waals surface area (Å²) in [6.45, 7) is 5.77. The molecule has 1 aromatic carbocycles. The summed E-state index contributed by atoms with van der Waals surface area (Å²) in [5, 5.41) is 3.28. The minimum absolute atomic E-state index is 0.267. The molecule has 3 rings (SSSR count). The molecule has 0 spiro atoms. The molecule has 2 aromatic rings. The van der Waals surface area contributed by atoms with Gasteiger partial charge in [0.15, 0.2) is 17.5 Å². The Morgan fingerprint density at radius 2 is 1.95 bits per heavy atom. The molecule has 0 atom stereocenters. The number of nitrogens with one attached hydrogen (secondary N) is 1. The highest BCUT2D eigenvalue weighted by Gasteiger charge is 2.20. The van der Waals surface area contributed by atoms with E-state index in [0.29, 0.717) is 17.9 Å². The normalized spacial score (nSPS) is 14.3. The Hall–Kier alpha value is -1.88. The quantitative estimate of drug-likeness (QED) is 0.922. The molecule has 110 valence electrons. The van der Waals surface area contributed by atoms with Crippen LogP contribution in [0.3, 0.4) is 0 Å². The molecule has 0 bridgehead atoms. The zero-order chi connectivity index (χ0) is 15.0. The van der Waals surface area contributed by atoms with Crippen molar-refractivity contribution in [2.75, 3.05) is 6.54 Å². The molecule has 0 amide bonds. The molecule has 1 aromatic heterocycles. The Balaban J connectivity index is 2.14. The molecule has 0 saturated heterocycles. The summed E-state index contributed by atoms with van der Waals surface area (Å²) in [4.78, 5) is 9.13. The molecule has 0 fully saturated rings. The lowest BCUT2D eigenvalue weighted by Crippen LogP contribution is -2.27. The van der Waals surface area contributed by atoms with E-state index in [4.69, 9.17) is 0 Å². The summed E-state index contributed by atoms with van der Waals surface area (Å²) >= 11 is 0. The van der Waals surface area contributed by atoms with E-state index in [9.17, 15) is 8.78 Å². The molecule has 0 saturated carbocycles. The zero-order valence-corrected chi connectivity index (χ0v) is 12.1. The standard InChI is InChI=1S/C16H17F2N3/c1-9(2)15-11-5-6-19-8-14(11)20-16(21-15)10-3-4-12(17)13(18)7-10/h3-4,7,9,19H,5-6,8H2,1-2H3. The average molecular weight is 289 g/mol. The highest BCUT2D eigenvalue weighted by atomic mass is 19.2. The van der Waals surface area contributed by atoms with E-state index < -0.39 is 11.6 Å². The lowest BCUT2D eigenvalue weighted by atomic mass is 9.97. The van der Waals surface area contributed by atoms with Crippen molar-refractivity contribution in [1.29, 1.82) is 0 Å². The monoisotopic (exact) mass is 289 g/mol. The minimum Gasteiger partial charge on any atom is -0.311 e. The maximum atomic E-state index is 13.4. The van der Waals surface area contributed by atoms with Gasteiger partial charge in [-0.25, -0.2) is 18.7 Å². The molecule has 21 heavy (non-hydrogen) atoms. The van der Waals surface area contributed by atoms with Crippen molar-refractivity contribution in [3.05, 3.63) is 46.8 Å². The van der Waals surface area contributed by atoms with Crippen molar-refractivity contribution in [2.45, 2.75) is 32.7 Å². The van der Waals surface area contributed by atoms with Crippen LogP contribution in [0.5, 0.6) is 0 Å². The number of nitrogens with zero attached hydrogens (tertiary/aromatic N) is 2. The second kappa shape index (κ2) is 5.48. The number of benzene rings is 1. The summed E-state index contributed by atoms with van der Waals surface area (Å²) in [6.07, 6.45) is 0.904. The fourth-order valence-electron chi connectivity index (χ4n) is 2.63. The number of halogens is 2. The molecule has 0 unspecified atom stereocenters. The van der Waals surface area contributed by atoms with Gasteiger partial charge in [-0.3, -0.25) is 0 Å². The van der Waals surface area contributed by atoms with Gasteiger partial charge in [-0.05, 0) is 42.6 Å². The first-order chi connectivity index (χ1) is 10.1. The Labute approximate surface area is 122 Å². The average Bonchev–Trinajstić information content (AvgIpc) is 2.48. The van der Waals surface area contributed by atoms with Gasteiger partial charge in [0.2, 0.25) is 0 Å². The van der Waals surface area contributed by atoms with Crippen LogP contribution in [0.1, 0.15) is 36.7 Å². The number of hydrogen-bond acceptors (Lipinski definition) is 3. The Morgan fingerprint density at radius 1 is 1.14 bits per heavy atom. The largest absolute Gasteiger partial charge is 0.311 e. The van der Waals surface area contributed by atoms with Crippen LogP contribution in [0.4, 0.5) is 8.78 Å². The topological polar surface area (TPSA) is 37.8 Å². The van der Waals surface area contributed by atoms with Crippen molar-refractivity contribution in [1.82, 2.24) is 15.3 Å². The summed E-state index contributed by atoms with van der Waals surface area (Å²) in [5.41, 5.74) is 3.65. The summed E-state index contributed by atoms with van der Waals surface area (Å²) in [6, 6.07) is 3.78. The lowest BCUT2D eigenvalue weighted by Gasteiger charge is -2.21. The van der Waals surface area contributed by atoms with Crippen LogP contribution >= 0.6 is 0 Å². The molecule has 2 heterocycles. The molecule has 1 aliphatic rings. The van der Waals surface area contributed by atoms with Crippen LogP contribution in [0, 0.1) is 11.6 Å². The first-order valence-electron chi connectivity index (χ1n) is 7.12. The predicted octanol–water partition coefficient (Wildman–Crippen LogP) is 3.19. The van der Waals surface area contributed by atoms with Gasteiger partial charge in [0.05, 0.1) is 11.4 Å². The van der Waals surface area contributed by atoms with E-state index in [0.717, 1.165) is 36.5 Å². The van der Waals surface area contributed by atoms with E-state index in [1.165, 1.54) is 11.6 Å².